The molecule has 0 fully saturated rings. The minimum absolute atomic E-state index is 0.706. The maximum Gasteiger partial charge on any atom is 0.180 e. The number of nitrogens with one attached hydrogen (secondary N) is 2. The van der Waals surface area contributed by atoms with Gasteiger partial charge in [0.1, 0.15) is 11.6 Å². The molecule has 0 bridgehead atoms. The molecule has 3 heterocycles. The third-order valence-electron chi connectivity index (χ3n) is 3.51. The van der Waals surface area contributed by atoms with Crippen LogP contribution in [-0.2, 0) is 0 Å². The highest BCUT2D eigenvalue weighted by molar-refractivity contribution is 5.93. The highest BCUT2D eigenvalue weighted by Gasteiger charge is 2.10. The summed E-state index contributed by atoms with van der Waals surface area (Å²) in [6.07, 6.45) is 1.80. The van der Waals surface area contributed by atoms with Crippen LogP contribution < -0.4 is 5.32 Å². The first-order valence-electron chi connectivity index (χ1n) is 6.74. The van der Waals surface area contributed by atoms with Crippen molar-refractivity contribution in [2.24, 2.45) is 0 Å². The van der Waals surface area contributed by atoms with E-state index in [2.05, 4.69) is 31.3 Å². The van der Waals surface area contributed by atoms with E-state index in [4.69, 9.17) is 0 Å². The van der Waals surface area contributed by atoms with Gasteiger partial charge in [0, 0.05) is 24.2 Å². The number of para-hydroxylation sites is 1. The summed E-state index contributed by atoms with van der Waals surface area (Å²) in [4.78, 5) is 16.8. The topological polar surface area (TPSA) is 66.5 Å². The number of fused-ring (bicyclic) bond motifs is 2. The predicted octanol–water partition coefficient (Wildman–Crippen LogP) is 3.21. The molecule has 0 aliphatic rings. The van der Waals surface area contributed by atoms with Crippen molar-refractivity contribution in [2.45, 2.75) is 0 Å². The first-order chi connectivity index (χ1) is 10.3. The largest absolute Gasteiger partial charge is 0.373 e. The van der Waals surface area contributed by atoms with Crippen molar-refractivity contribution < 1.29 is 0 Å². The molecule has 0 radical (unpaired) electrons. The van der Waals surface area contributed by atoms with E-state index in [0.717, 1.165) is 33.6 Å². The van der Waals surface area contributed by atoms with Crippen molar-refractivity contribution in [2.75, 3.05) is 12.4 Å². The van der Waals surface area contributed by atoms with Gasteiger partial charge in [0.05, 0.1) is 11.0 Å². The molecule has 1 aromatic carbocycles. The summed E-state index contributed by atoms with van der Waals surface area (Å²) >= 11 is 0. The number of nitrogens with zero attached hydrogens (tertiary/aromatic N) is 3. The summed E-state index contributed by atoms with van der Waals surface area (Å²) in [6, 6.07) is 13.9. The normalized spacial score (nSPS) is 11.1. The molecule has 2 N–H and O–H groups in total. The molecule has 0 atom stereocenters. The van der Waals surface area contributed by atoms with E-state index in [0.29, 0.717) is 5.65 Å². The van der Waals surface area contributed by atoms with E-state index in [-0.39, 0.29) is 0 Å². The predicted molar refractivity (Wildman–Crippen MR) is 84.2 cm³/mol. The SMILES string of the molecule is CNc1ccc2[nH]c(-c3ccnc4ccccc34)nc2n1. The Balaban J connectivity index is 1.96. The van der Waals surface area contributed by atoms with Crippen molar-refractivity contribution in [3.63, 3.8) is 0 Å². The Morgan fingerprint density at radius 3 is 2.81 bits per heavy atom. The maximum atomic E-state index is 4.61. The third-order valence-corrected chi connectivity index (χ3v) is 3.51. The molecule has 21 heavy (non-hydrogen) atoms. The van der Waals surface area contributed by atoms with Crippen molar-refractivity contribution in [1.82, 2.24) is 19.9 Å². The van der Waals surface area contributed by atoms with Crippen LogP contribution in [0.15, 0.2) is 48.7 Å². The molecular formula is C16H13N5. The smallest absolute Gasteiger partial charge is 0.180 e. The Labute approximate surface area is 121 Å². The van der Waals surface area contributed by atoms with Gasteiger partial charge in [-0.15, -0.1) is 0 Å². The van der Waals surface area contributed by atoms with Gasteiger partial charge in [-0.2, -0.15) is 0 Å². The molecule has 0 saturated heterocycles. The second-order valence-corrected chi connectivity index (χ2v) is 4.78. The van der Waals surface area contributed by atoms with Gasteiger partial charge in [-0.25, -0.2) is 9.97 Å². The number of anilines is 1. The third kappa shape index (κ3) is 1.90. The van der Waals surface area contributed by atoms with Gasteiger partial charge in [0.25, 0.3) is 0 Å². The van der Waals surface area contributed by atoms with Gasteiger partial charge >= 0.3 is 0 Å². The molecule has 5 nitrogen and oxygen atoms in total. The molecule has 0 amide bonds. The summed E-state index contributed by atoms with van der Waals surface area (Å²) in [7, 11) is 1.85. The molecule has 0 aliphatic carbocycles. The number of pyridine rings is 2. The van der Waals surface area contributed by atoms with E-state index in [9.17, 15) is 0 Å². The molecular weight excluding hydrogens is 262 g/mol. The van der Waals surface area contributed by atoms with Crippen molar-refractivity contribution in [3.05, 3.63) is 48.7 Å². The number of aromatic amines is 1. The number of benzene rings is 1. The van der Waals surface area contributed by atoms with E-state index >= 15 is 0 Å². The maximum absolute atomic E-state index is 4.61. The number of H-pyrrole nitrogens is 1. The lowest BCUT2D eigenvalue weighted by molar-refractivity contribution is 1.28. The first kappa shape index (κ1) is 11.8. The zero-order chi connectivity index (χ0) is 14.2. The summed E-state index contributed by atoms with van der Waals surface area (Å²) in [5, 5.41) is 4.10. The van der Waals surface area contributed by atoms with Crippen molar-refractivity contribution >= 4 is 27.9 Å². The number of aromatic nitrogens is 4. The van der Waals surface area contributed by atoms with Gasteiger partial charge in [0.15, 0.2) is 5.65 Å². The summed E-state index contributed by atoms with van der Waals surface area (Å²) in [6.45, 7) is 0. The average molecular weight is 275 g/mol. The Morgan fingerprint density at radius 2 is 1.90 bits per heavy atom. The molecule has 0 aliphatic heterocycles. The lowest BCUT2D eigenvalue weighted by atomic mass is 10.1. The fraction of sp³-hybridized carbons (Fsp3) is 0.0625. The molecule has 0 unspecified atom stereocenters. The molecule has 0 saturated carbocycles. The molecule has 102 valence electrons. The Kier molecular flexibility index (Phi) is 2.57. The monoisotopic (exact) mass is 275 g/mol. The quantitative estimate of drug-likeness (QED) is 0.589. The molecule has 4 rings (SSSR count). The highest BCUT2D eigenvalue weighted by atomic mass is 15.0. The highest BCUT2D eigenvalue weighted by Crippen LogP contribution is 2.26. The fourth-order valence-electron chi connectivity index (χ4n) is 2.46. The van der Waals surface area contributed by atoms with E-state index in [1.165, 1.54) is 0 Å². The second-order valence-electron chi connectivity index (χ2n) is 4.78. The Hall–Kier alpha value is -2.95. The van der Waals surface area contributed by atoms with Crippen LogP contribution in [0.1, 0.15) is 0 Å². The van der Waals surface area contributed by atoms with Crippen LogP contribution in [-0.4, -0.2) is 27.0 Å². The average Bonchev–Trinajstić information content (AvgIpc) is 2.97. The van der Waals surface area contributed by atoms with Gasteiger partial charge in [-0.05, 0) is 24.3 Å². The zero-order valence-corrected chi connectivity index (χ0v) is 11.5. The minimum atomic E-state index is 0.706. The van der Waals surface area contributed by atoms with Crippen LogP contribution in [0.3, 0.4) is 0 Å². The summed E-state index contributed by atoms with van der Waals surface area (Å²) in [5.41, 5.74) is 3.62. The minimum Gasteiger partial charge on any atom is -0.373 e. The fourth-order valence-corrected chi connectivity index (χ4v) is 2.46. The first-order valence-corrected chi connectivity index (χ1v) is 6.74. The lowest BCUT2D eigenvalue weighted by Gasteiger charge is -2.02. The second kappa shape index (κ2) is 4.56. The van der Waals surface area contributed by atoms with Crippen LogP contribution >= 0.6 is 0 Å². The van der Waals surface area contributed by atoms with Crippen LogP contribution in [0.2, 0.25) is 0 Å². The van der Waals surface area contributed by atoms with Crippen LogP contribution in [0.25, 0.3) is 33.5 Å². The van der Waals surface area contributed by atoms with Gasteiger partial charge < -0.3 is 10.3 Å². The molecule has 4 aromatic rings. The van der Waals surface area contributed by atoms with Gasteiger partial charge in [-0.3, -0.25) is 4.98 Å². The summed E-state index contributed by atoms with van der Waals surface area (Å²) in [5.74, 6) is 1.62. The van der Waals surface area contributed by atoms with E-state index < -0.39 is 0 Å². The number of rotatable bonds is 2. The Bertz CT molecular complexity index is 936. The molecule has 5 heteroatoms. The van der Waals surface area contributed by atoms with E-state index in [1.807, 2.05) is 43.4 Å². The van der Waals surface area contributed by atoms with Crippen LogP contribution in [0, 0.1) is 0 Å². The van der Waals surface area contributed by atoms with Crippen LogP contribution in [0.4, 0.5) is 5.82 Å². The Morgan fingerprint density at radius 1 is 1.00 bits per heavy atom. The summed E-state index contributed by atoms with van der Waals surface area (Å²) < 4.78 is 0. The zero-order valence-electron chi connectivity index (χ0n) is 11.5. The number of hydrogen-bond acceptors (Lipinski definition) is 4. The van der Waals surface area contributed by atoms with Crippen molar-refractivity contribution in [1.29, 1.82) is 0 Å². The number of imidazole rings is 1. The standard InChI is InChI=1S/C16H13N5/c1-17-14-7-6-13-16(20-14)21-15(19-13)11-8-9-18-12-5-3-2-4-10(11)12/h2-9H,1H3,(H2,17,19,20,21). The van der Waals surface area contributed by atoms with Gasteiger partial charge in [-0.1, -0.05) is 18.2 Å². The van der Waals surface area contributed by atoms with Gasteiger partial charge in [0.2, 0.25) is 0 Å². The lowest BCUT2D eigenvalue weighted by Crippen LogP contribution is -1.91. The van der Waals surface area contributed by atoms with E-state index in [1.54, 1.807) is 6.20 Å². The number of hydrogen-bond donors (Lipinski definition) is 2. The molecule has 3 aromatic heterocycles. The van der Waals surface area contributed by atoms with Crippen molar-refractivity contribution in [3.8, 4) is 11.4 Å². The van der Waals surface area contributed by atoms with Crippen LogP contribution in [0.5, 0.6) is 0 Å². The molecule has 0 spiro atoms.